The topological polar surface area (TPSA) is 116 Å². The van der Waals surface area contributed by atoms with Crippen molar-refractivity contribution in [2.45, 2.75) is 52.6 Å². The largest absolute Gasteiger partial charge is 0.469 e. The Labute approximate surface area is 167 Å². The second kappa shape index (κ2) is 9.20. The van der Waals surface area contributed by atoms with Gasteiger partial charge >= 0.3 is 5.97 Å². The van der Waals surface area contributed by atoms with Crippen molar-refractivity contribution in [3.8, 4) is 11.8 Å². The minimum Gasteiger partial charge on any atom is -0.469 e. The second-order valence-corrected chi connectivity index (χ2v) is 8.07. The Morgan fingerprint density at radius 2 is 1.96 bits per heavy atom. The zero-order valence-electron chi connectivity index (χ0n) is 16.2. The lowest BCUT2D eigenvalue weighted by molar-refractivity contribution is -0.384. The van der Waals surface area contributed by atoms with Crippen LogP contribution < -0.4 is 5.73 Å². The number of hydrogen-bond acceptors (Lipinski definition) is 6. The van der Waals surface area contributed by atoms with Crippen LogP contribution >= 0.6 is 15.9 Å². The van der Waals surface area contributed by atoms with Crippen molar-refractivity contribution in [3.05, 3.63) is 31.3 Å². The number of nitrogens with two attached hydrogens (primary N) is 1. The molecule has 0 unspecified atom stereocenters. The fourth-order valence-electron chi connectivity index (χ4n) is 2.08. The molecule has 1 aliphatic carbocycles. The lowest BCUT2D eigenvalue weighted by Crippen LogP contribution is -2.11. The van der Waals surface area contributed by atoms with Gasteiger partial charge in [0.1, 0.15) is 5.69 Å². The second-order valence-electron chi connectivity index (χ2n) is 7.28. The summed E-state index contributed by atoms with van der Waals surface area (Å²) in [4.78, 5) is 22.3. The maximum absolute atomic E-state index is 11.6. The number of aliphatic hydroxyl groups is 1. The number of nitro benzene ring substituents is 1. The molecule has 3 N–H and O–H groups in total. The predicted octanol–water partition coefficient (Wildman–Crippen LogP) is 3.50. The summed E-state index contributed by atoms with van der Waals surface area (Å²) in [6.07, 6.45) is 1.99. The molecule has 0 saturated heterocycles. The molecule has 27 heavy (non-hydrogen) atoms. The molecule has 0 amide bonds. The van der Waals surface area contributed by atoms with Gasteiger partial charge in [-0.3, -0.25) is 14.9 Å². The van der Waals surface area contributed by atoms with Gasteiger partial charge in [0.05, 0.1) is 29.6 Å². The third-order valence-corrected chi connectivity index (χ3v) is 4.40. The van der Waals surface area contributed by atoms with Gasteiger partial charge in [-0.15, -0.1) is 0 Å². The molecule has 0 heterocycles. The van der Waals surface area contributed by atoms with Crippen LogP contribution in [0.15, 0.2) is 4.47 Å². The first-order valence-electron chi connectivity index (χ1n) is 8.42. The summed E-state index contributed by atoms with van der Waals surface area (Å²) in [6.45, 7) is 6.79. The van der Waals surface area contributed by atoms with Crippen molar-refractivity contribution in [1.29, 1.82) is 0 Å². The van der Waals surface area contributed by atoms with Gasteiger partial charge in [0, 0.05) is 16.0 Å². The van der Waals surface area contributed by atoms with E-state index in [1.54, 1.807) is 27.7 Å². The fourth-order valence-corrected chi connectivity index (χ4v) is 2.83. The van der Waals surface area contributed by atoms with Crippen molar-refractivity contribution in [1.82, 2.24) is 0 Å². The number of benzene rings is 1. The van der Waals surface area contributed by atoms with E-state index in [1.807, 2.05) is 0 Å². The lowest BCUT2D eigenvalue weighted by atomic mass is 9.98. The van der Waals surface area contributed by atoms with Crippen LogP contribution in [-0.4, -0.2) is 28.7 Å². The maximum Gasteiger partial charge on any atom is 0.310 e. The van der Waals surface area contributed by atoms with Gasteiger partial charge in [0.15, 0.2) is 0 Å². The molecule has 0 radical (unpaired) electrons. The van der Waals surface area contributed by atoms with Crippen LogP contribution in [0.3, 0.4) is 0 Å². The van der Waals surface area contributed by atoms with Gasteiger partial charge in [-0.2, -0.15) is 0 Å². The van der Waals surface area contributed by atoms with Gasteiger partial charge < -0.3 is 15.6 Å². The number of rotatable bonds is 3. The molecule has 1 aromatic rings. The van der Waals surface area contributed by atoms with E-state index in [-0.39, 0.29) is 17.8 Å². The van der Waals surface area contributed by atoms with E-state index < -0.39 is 16.5 Å². The standard InChI is InChI=1S/C15H15BrN2O4.C4H10O/c1-8-11(7-12(19)22-2)13(16)10(6-5-9-3-4-9)14(17)15(8)18(20)21;1-4(2,3)5/h9H,3-4,7,17H2,1-2H3;5H,1-3H3. The summed E-state index contributed by atoms with van der Waals surface area (Å²) < 4.78 is 5.17. The minimum absolute atomic E-state index is 0.0242. The van der Waals surface area contributed by atoms with Crippen molar-refractivity contribution >= 4 is 33.3 Å². The number of nitro groups is 1. The summed E-state index contributed by atoms with van der Waals surface area (Å²) in [7, 11) is 1.27. The molecule has 1 fully saturated rings. The molecular formula is C19H25BrN2O5. The fraction of sp³-hybridized carbons (Fsp3) is 0.526. The number of halogens is 1. The highest BCUT2D eigenvalue weighted by Gasteiger charge is 2.27. The van der Waals surface area contributed by atoms with Crippen molar-refractivity contribution < 1.29 is 19.6 Å². The highest BCUT2D eigenvalue weighted by molar-refractivity contribution is 9.10. The van der Waals surface area contributed by atoms with Crippen LogP contribution in [0.5, 0.6) is 0 Å². The Balaban J connectivity index is 0.000000646. The van der Waals surface area contributed by atoms with Crippen LogP contribution in [0.2, 0.25) is 0 Å². The van der Waals surface area contributed by atoms with Crippen LogP contribution in [0, 0.1) is 34.8 Å². The smallest absolute Gasteiger partial charge is 0.310 e. The first kappa shape index (κ1) is 22.9. The number of methoxy groups -OCH3 is 1. The van der Waals surface area contributed by atoms with Gasteiger partial charge in [0.2, 0.25) is 0 Å². The summed E-state index contributed by atoms with van der Waals surface area (Å²) >= 11 is 3.38. The van der Waals surface area contributed by atoms with Crippen LogP contribution in [0.4, 0.5) is 11.4 Å². The van der Waals surface area contributed by atoms with E-state index in [0.717, 1.165) is 12.8 Å². The molecule has 0 spiro atoms. The average molecular weight is 441 g/mol. The molecule has 148 valence electrons. The Hall–Kier alpha value is -2.11. The number of nitrogens with zero attached hydrogens (tertiary/aromatic N) is 1. The minimum atomic E-state index is -0.541. The summed E-state index contributed by atoms with van der Waals surface area (Å²) in [5.41, 5.74) is 6.44. The van der Waals surface area contributed by atoms with Gasteiger partial charge in [-0.25, -0.2) is 0 Å². The number of hydrogen-bond donors (Lipinski definition) is 2. The van der Waals surface area contributed by atoms with Crippen molar-refractivity contribution in [3.63, 3.8) is 0 Å². The Morgan fingerprint density at radius 3 is 2.37 bits per heavy atom. The molecule has 2 rings (SSSR count). The Kier molecular flexibility index (Phi) is 7.81. The number of anilines is 1. The molecule has 1 saturated carbocycles. The summed E-state index contributed by atoms with van der Waals surface area (Å²) in [6, 6.07) is 0. The highest BCUT2D eigenvalue weighted by Crippen LogP contribution is 2.39. The molecule has 0 bridgehead atoms. The normalized spacial score (nSPS) is 13.0. The van der Waals surface area contributed by atoms with Crippen LogP contribution in [0.1, 0.15) is 50.3 Å². The molecule has 0 aromatic heterocycles. The number of nitrogen functional groups attached to an aromatic ring is 1. The molecule has 0 atom stereocenters. The van der Waals surface area contributed by atoms with Crippen molar-refractivity contribution in [2.75, 3.05) is 12.8 Å². The van der Waals surface area contributed by atoms with Gasteiger partial charge in [-0.05, 0) is 62.0 Å². The number of carbonyl (C=O) groups excluding carboxylic acids is 1. The van der Waals surface area contributed by atoms with E-state index in [4.69, 9.17) is 10.8 Å². The van der Waals surface area contributed by atoms with Gasteiger partial charge in [-0.1, -0.05) is 11.8 Å². The van der Waals surface area contributed by atoms with E-state index in [2.05, 4.69) is 32.5 Å². The van der Waals surface area contributed by atoms with Gasteiger partial charge in [0.25, 0.3) is 5.69 Å². The zero-order chi connectivity index (χ0) is 20.9. The number of carbonyl (C=O) groups is 1. The number of esters is 1. The summed E-state index contributed by atoms with van der Waals surface area (Å²) in [5.74, 6) is 5.80. The Bertz CT molecular complexity index is 793. The first-order valence-corrected chi connectivity index (χ1v) is 9.21. The third kappa shape index (κ3) is 7.19. The quantitative estimate of drug-likeness (QED) is 0.244. The zero-order valence-corrected chi connectivity index (χ0v) is 17.8. The van der Waals surface area contributed by atoms with E-state index in [0.29, 0.717) is 27.1 Å². The lowest BCUT2D eigenvalue weighted by Gasteiger charge is -2.13. The average Bonchev–Trinajstić information content (AvgIpc) is 3.33. The van der Waals surface area contributed by atoms with E-state index in [1.165, 1.54) is 7.11 Å². The van der Waals surface area contributed by atoms with Crippen LogP contribution in [0.25, 0.3) is 0 Å². The van der Waals surface area contributed by atoms with E-state index >= 15 is 0 Å². The predicted molar refractivity (Wildman–Crippen MR) is 107 cm³/mol. The molecule has 8 heteroatoms. The van der Waals surface area contributed by atoms with Crippen LogP contribution in [-0.2, 0) is 16.0 Å². The number of ether oxygens (including phenoxy) is 1. The molecule has 1 aliphatic rings. The molecule has 1 aromatic carbocycles. The first-order chi connectivity index (χ1) is 12.4. The molecule has 7 nitrogen and oxygen atoms in total. The monoisotopic (exact) mass is 440 g/mol. The summed E-state index contributed by atoms with van der Waals surface area (Å²) in [5, 5.41) is 19.8. The Morgan fingerprint density at radius 1 is 1.44 bits per heavy atom. The molecule has 0 aliphatic heterocycles. The maximum atomic E-state index is 11.6. The van der Waals surface area contributed by atoms with E-state index in [9.17, 15) is 14.9 Å². The SMILES string of the molecule is CC(C)(C)O.COC(=O)Cc1c(C)c([N+](=O)[O-])c(N)c(C#CC2CC2)c1Br. The highest BCUT2D eigenvalue weighted by atomic mass is 79.9. The van der Waals surface area contributed by atoms with Crippen molar-refractivity contribution in [2.24, 2.45) is 5.92 Å². The molecular weight excluding hydrogens is 416 g/mol. The third-order valence-electron chi connectivity index (χ3n) is 3.53.